The van der Waals surface area contributed by atoms with E-state index >= 15 is 0 Å². The molecule has 0 spiro atoms. The molecule has 2 rings (SSSR count). The van der Waals surface area contributed by atoms with Crippen LogP contribution in [-0.2, 0) is 0 Å². The first-order chi connectivity index (χ1) is 12.3. The number of hydrogen-bond acceptors (Lipinski definition) is 2. The van der Waals surface area contributed by atoms with Crippen LogP contribution >= 0.6 is 0 Å². The van der Waals surface area contributed by atoms with Crippen LogP contribution in [0.5, 0.6) is 0 Å². The molecule has 0 amide bonds. The average molecular weight is 353 g/mol. The van der Waals surface area contributed by atoms with Crippen molar-refractivity contribution >= 4 is 11.4 Å². The van der Waals surface area contributed by atoms with Gasteiger partial charge in [0.1, 0.15) is 0 Å². The molecular formula is C24H36N2. The molecule has 0 saturated heterocycles. The molecule has 1 aromatic rings. The molecule has 2 nitrogen and oxygen atoms in total. The number of benzene rings is 1. The van der Waals surface area contributed by atoms with Gasteiger partial charge in [-0.3, -0.25) is 0 Å². The molecule has 1 aliphatic carbocycles. The fourth-order valence-electron chi connectivity index (χ4n) is 3.78. The van der Waals surface area contributed by atoms with Crippen LogP contribution in [0.25, 0.3) is 0 Å². The summed E-state index contributed by atoms with van der Waals surface area (Å²) in [5, 5.41) is 3.38. The molecule has 1 aromatic carbocycles. The van der Waals surface area contributed by atoms with E-state index in [2.05, 4.69) is 106 Å². The molecule has 2 heteroatoms. The number of hydrogen-bond donors (Lipinski definition) is 1. The van der Waals surface area contributed by atoms with E-state index in [0.717, 1.165) is 13.0 Å². The second-order valence-corrected chi connectivity index (χ2v) is 8.12. The van der Waals surface area contributed by atoms with E-state index in [4.69, 9.17) is 0 Å². The summed E-state index contributed by atoms with van der Waals surface area (Å²) in [5.41, 5.74) is 3.85. The van der Waals surface area contributed by atoms with Gasteiger partial charge >= 0.3 is 0 Å². The van der Waals surface area contributed by atoms with Crippen LogP contribution in [0.4, 0.5) is 11.4 Å². The first-order valence-electron chi connectivity index (χ1n) is 9.85. The Hall–Kier alpha value is -1.96. The maximum atomic E-state index is 3.38. The number of rotatable bonds is 7. The van der Waals surface area contributed by atoms with E-state index in [1.54, 1.807) is 0 Å². The highest BCUT2D eigenvalue weighted by Crippen LogP contribution is 2.39. The normalized spacial score (nSPS) is 25.0. The Morgan fingerprint density at radius 1 is 1.31 bits per heavy atom. The molecule has 3 unspecified atom stereocenters. The van der Waals surface area contributed by atoms with E-state index in [-0.39, 0.29) is 11.0 Å². The predicted molar refractivity (Wildman–Crippen MR) is 117 cm³/mol. The fraction of sp³-hybridized carbons (Fsp3) is 0.500. The van der Waals surface area contributed by atoms with Crippen molar-refractivity contribution < 1.29 is 0 Å². The van der Waals surface area contributed by atoms with Crippen LogP contribution in [0.2, 0.25) is 0 Å². The van der Waals surface area contributed by atoms with Gasteiger partial charge in [0.05, 0.1) is 16.9 Å². The van der Waals surface area contributed by atoms with Crippen LogP contribution in [0.3, 0.4) is 0 Å². The predicted octanol–water partition coefficient (Wildman–Crippen LogP) is 6.44. The Labute approximate surface area is 160 Å². The molecule has 1 N–H and O–H groups in total. The van der Waals surface area contributed by atoms with Gasteiger partial charge < -0.3 is 10.2 Å². The second-order valence-electron chi connectivity index (χ2n) is 8.12. The number of para-hydroxylation sites is 2. The summed E-state index contributed by atoms with van der Waals surface area (Å²) in [6, 6.07) is 8.63. The minimum atomic E-state index is -0.137. The Bertz CT molecular complexity index is 700. The van der Waals surface area contributed by atoms with Gasteiger partial charge in [0.2, 0.25) is 0 Å². The van der Waals surface area contributed by atoms with Gasteiger partial charge in [-0.1, -0.05) is 68.9 Å². The van der Waals surface area contributed by atoms with Crippen molar-refractivity contribution in [3.05, 3.63) is 60.2 Å². The third-order valence-corrected chi connectivity index (χ3v) is 5.90. The SMILES string of the molecule is CC=CC(C)(CC)CN(c1ccccc1NC)C1(C)C=CC(C)C(C)=C1. The average Bonchev–Trinajstić information content (AvgIpc) is 2.63. The minimum absolute atomic E-state index is 0.122. The quantitative estimate of drug-likeness (QED) is 0.568. The highest BCUT2D eigenvalue weighted by atomic mass is 15.2. The van der Waals surface area contributed by atoms with Crippen molar-refractivity contribution in [2.24, 2.45) is 11.3 Å². The summed E-state index contributed by atoms with van der Waals surface area (Å²) in [4.78, 5) is 2.56. The van der Waals surface area contributed by atoms with Crippen LogP contribution in [-0.4, -0.2) is 19.1 Å². The summed E-state index contributed by atoms with van der Waals surface area (Å²) < 4.78 is 0. The number of nitrogens with one attached hydrogen (secondary N) is 1. The molecule has 142 valence electrons. The Balaban J connectivity index is 2.58. The highest BCUT2D eigenvalue weighted by Gasteiger charge is 2.35. The van der Waals surface area contributed by atoms with Gasteiger partial charge in [0, 0.05) is 19.0 Å². The monoisotopic (exact) mass is 352 g/mol. The van der Waals surface area contributed by atoms with E-state index < -0.39 is 0 Å². The molecule has 0 aliphatic heterocycles. The van der Waals surface area contributed by atoms with Crippen LogP contribution in [0.1, 0.15) is 48.0 Å². The second kappa shape index (κ2) is 8.16. The Morgan fingerprint density at radius 2 is 2.00 bits per heavy atom. The van der Waals surface area contributed by atoms with Gasteiger partial charge in [-0.05, 0) is 45.2 Å². The Morgan fingerprint density at radius 3 is 2.58 bits per heavy atom. The molecule has 1 aliphatic rings. The summed E-state index contributed by atoms with van der Waals surface area (Å²) >= 11 is 0. The lowest BCUT2D eigenvalue weighted by Gasteiger charge is -2.46. The zero-order chi connectivity index (χ0) is 19.4. The zero-order valence-electron chi connectivity index (χ0n) is 17.6. The number of allylic oxidation sites excluding steroid dienone is 3. The molecule has 26 heavy (non-hydrogen) atoms. The maximum Gasteiger partial charge on any atom is 0.0744 e. The lowest BCUT2D eigenvalue weighted by Crippen LogP contribution is -2.49. The van der Waals surface area contributed by atoms with Crippen molar-refractivity contribution in [1.29, 1.82) is 0 Å². The maximum absolute atomic E-state index is 3.38. The van der Waals surface area contributed by atoms with Crippen molar-refractivity contribution in [2.45, 2.75) is 53.5 Å². The van der Waals surface area contributed by atoms with Crippen molar-refractivity contribution in [2.75, 3.05) is 23.8 Å². The van der Waals surface area contributed by atoms with Gasteiger partial charge in [0.25, 0.3) is 0 Å². The van der Waals surface area contributed by atoms with Crippen molar-refractivity contribution in [3.8, 4) is 0 Å². The largest absolute Gasteiger partial charge is 0.386 e. The molecule has 0 aromatic heterocycles. The summed E-state index contributed by atoms with van der Waals surface area (Å²) in [5.74, 6) is 0.512. The molecule has 0 saturated carbocycles. The molecule has 0 fully saturated rings. The summed E-state index contributed by atoms with van der Waals surface area (Å²) in [6.45, 7) is 14.6. The topological polar surface area (TPSA) is 15.3 Å². The van der Waals surface area contributed by atoms with E-state index in [9.17, 15) is 0 Å². The third kappa shape index (κ3) is 4.23. The van der Waals surface area contributed by atoms with Crippen molar-refractivity contribution in [3.63, 3.8) is 0 Å². The summed E-state index contributed by atoms with van der Waals surface area (Å²) in [6.07, 6.45) is 12.8. The first kappa shape index (κ1) is 20.4. The molecular weight excluding hydrogens is 316 g/mol. The third-order valence-electron chi connectivity index (χ3n) is 5.90. The van der Waals surface area contributed by atoms with Gasteiger partial charge in [-0.25, -0.2) is 0 Å². The fourth-order valence-corrected chi connectivity index (χ4v) is 3.78. The number of anilines is 2. The van der Waals surface area contributed by atoms with Gasteiger partial charge in [0.15, 0.2) is 0 Å². The van der Waals surface area contributed by atoms with Crippen LogP contribution < -0.4 is 10.2 Å². The molecule has 0 heterocycles. The van der Waals surface area contributed by atoms with Gasteiger partial charge in [-0.15, -0.1) is 0 Å². The van der Waals surface area contributed by atoms with E-state index in [0.29, 0.717) is 5.92 Å². The highest BCUT2D eigenvalue weighted by molar-refractivity contribution is 5.72. The van der Waals surface area contributed by atoms with Crippen LogP contribution in [0.15, 0.2) is 60.2 Å². The number of nitrogens with zero attached hydrogens (tertiary/aromatic N) is 1. The van der Waals surface area contributed by atoms with Crippen LogP contribution in [0, 0.1) is 11.3 Å². The minimum Gasteiger partial charge on any atom is -0.386 e. The van der Waals surface area contributed by atoms with Gasteiger partial charge in [-0.2, -0.15) is 0 Å². The van der Waals surface area contributed by atoms with E-state index in [1.165, 1.54) is 16.9 Å². The summed E-state index contributed by atoms with van der Waals surface area (Å²) in [7, 11) is 2.00. The zero-order valence-corrected chi connectivity index (χ0v) is 17.6. The van der Waals surface area contributed by atoms with E-state index in [1.807, 2.05) is 7.05 Å². The molecule has 0 bridgehead atoms. The Kier molecular flexibility index (Phi) is 6.39. The smallest absolute Gasteiger partial charge is 0.0744 e. The standard InChI is InChI=1S/C24H36N2/c1-8-15-23(5,9-2)18-26(22-13-11-10-12-21(22)25-7)24(6)16-14-19(3)20(4)17-24/h8,10-17,19,25H,9,18H2,1-7H3. The molecule has 3 atom stereocenters. The van der Waals surface area contributed by atoms with Crippen molar-refractivity contribution in [1.82, 2.24) is 0 Å². The lowest BCUT2D eigenvalue weighted by molar-refractivity contribution is 0.384. The lowest BCUT2D eigenvalue weighted by atomic mass is 9.81. The molecule has 0 radical (unpaired) electrons. The first-order valence-corrected chi connectivity index (χ1v) is 9.85.